The van der Waals surface area contributed by atoms with Crippen molar-refractivity contribution in [2.75, 3.05) is 50.1 Å². The highest BCUT2D eigenvalue weighted by atomic mass is 35.5. The van der Waals surface area contributed by atoms with Crippen molar-refractivity contribution in [3.05, 3.63) is 75.8 Å². The summed E-state index contributed by atoms with van der Waals surface area (Å²) in [7, 11) is 1.58. The lowest BCUT2D eigenvalue weighted by atomic mass is 9.87. The predicted molar refractivity (Wildman–Crippen MR) is 204 cm³/mol. The SMILES string of the molecule is COc1cc2ncnc(Nc3ccc(Cl)c(Cl)c3F)c2cc1OC1CCC(CN2CCN(c3ccc4c(c3)C(=O)N(C3CCC(=O)NC3=O)C4=O)CC2)CC1. The molecule has 1 saturated carbocycles. The van der Waals surface area contributed by atoms with Gasteiger partial charge in [-0.15, -0.1) is 0 Å². The number of piperidine rings is 1. The molecule has 13 nitrogen and oxygen atoms in total. The van der Waals surface area contributed by atoms with Crippen LogP contribution in [0.2, 0.25) is 10.0 Å². The number of rotatable bonds is 9. The van der Waals surface area contributed by atoms with Crippen LogP contribution in [0, 0.1) is 11.7 Å². The number of ether oxygens (including phenoxy) is 2. The third kappa shape index (κ3) is 7.26. The summed E-state index contributed by atoms with van der Waals surface area (Å²) in [5, 5.41) is 5.82. The molecule has 3 fully saturated rings. The highest BCUT2D eigenvalue weighted by Gasteiger charge is 2.45. The summed E-state index contributed by atoms with van der Waals surface area (Å²) in [5.74, 6) is -0.685. The van der Waals surface area contributed by atoms with E-state index in [1.807, 2.05) is 12.1 Å². The first-order valence-corrected chi connectivity index (χ1v) is 19.1. The van der Waals surface area contributed by atoms with E-state index >= 15 is 0 Å². The second-order valence-electron chi connectivity index (χ2n) is 14.3. The van der Waals surface area contributed by atoms with Crippen LogP contribution in [0.5, 0.6) is 11.5 Å². The maximum atomic E-state index is 14.9. The first-order chi connectivity index (χ1) is 26.6. The van der Waals surface area contributed by atoms with Crippen LogP contribution in [0.1, 0.15) is 59.2 Å². The fourth-order valence-electron chi connectivity index (χ4n) is 7.99. The molecule has 0 spiro atoms. The molecular weight excluding hydrogens is 752 g/mol. The number of anilines is 3. The van der Waals surface area contributed by atoms with E-state index in [1.54, 1.807) is 25.3 Å². The maximum Gasteiger partial charge on any atom is 0.262 e. The monoisotopic (exact) mass is 789 g/mol. The van der Waals surface area contributed by atoms with Gasteiger partial charge in [0, 0.05) is 56.3 Å². The van der Waals surface area contributed by atoms with E-state index < -0.39 is 35.5 Å². The Morgan fingerprint density at radius 3 is 2.40 bits per heavy atom. The fraction of sp³-hybridized carbons (Fsp3) is 0.385. The first kappa shape index (κ1) is 36.9. The quantitative estimate of drug-likeness (QED) is 0.152. The summed E-state index contributed by atoms with van der Waals surface area (Å²) >= 11 is 12.0. The molecule has 1 aromatic heterocycles. The highest BCUT2D eigenvalue weighted by Crippen LogP contribution is 2.39. The topological polar surface area (TPSA) is 146 Å². The normalized spacial score (nSPS) is 21.9. The third-order valence-electron chi connectivity index (χ3n) is 11.0. The molecule has 2 N–H and O–H groups in total. The Bertz CT molecular complexity index is 2210. The van der Waals surface area contributed by atoms with E-state index in [9.17, 15) is 23.6 Å². The maximum absolute atomic E-state index is 14.9. The van der Waals surface area contributed by atoms with E-state index in [0.29, 0.717) is 39.7 Å². The average molecular weight is 791 g/mol. The Morgan fingerprint density at radius 1 is 0.891 bits per heavy atom. The van der Waals surface area contributed by atoms with Gasteiger partial charge in [-0.2, -0.15) is 0 Å². The predicted octanol–water partition coefficient (Wildman–Crippen LogP) is 5.99. The highest BCUT2D eigenvalue weighted by molar-refractivity contribution is 6.42. The molecule has 4 aromatic rings. The molecule has 1 unspecified atom stereocenters. The lowest BCUT2D eigenvalue weighted by Crippen LogP contribution is -2.54. The summed E-state index contributed by atoms with van der Waals surface area (Å²) in [6, 6.07) is 10.9. The van der Waals surface area contributed by atoms with Crippen molar-refractivity contribution in [1.82, 2.24) is 25.1 Å². The summed E-state index contributed by atoms with van der Waals surface area (Å²) in [6.07, 6.45) is 5.38. The summed E-state index contributed by atoms with van der Waals surface area (Å²) < 4.78 is 27.0. The number of imide groups is 2. The van der Waals surface area contributed by atoms with Crippen LogP contribution < -0.4 is 25.0 Å². The van der Waals surface area contributed by atoms with Crippen molar-refractivity contribution in [3.8, 4) is 11.5 Å². The summed E-state index contributed by atoms with van der Waals surface area (Å²) in [5.41, 5.74) is 2.16. The van der Waals surface area contributed by atoms with Gasteiger partial charge >= 0.3 is 0 Å². The minimum Gasteiger partial charge on any atom is -0.493 e. The van der Waals surface area contributed by atoms with Gasteiger partial charge in [0.1, 0.15) is 18.2 Å². The van der Waals surface area contributed by atoms with Gasteiger partial charge in [0.05, 0.1) is 45.6 Å². The molecule has 4 amide bonds. The lowest BCUT2D eigenvalue weighted by molar-refractivity contribution is -0.136. The van der Waals surface area contributed by atoms with E-state index in [2.05, 4.69) is 30.4 Å². The smallest absolute Gasteiger partial charge is 0.262 e. The van der Waals surface area contributed by atoms with E-state index in [0.717, 1.165) is 69.0 Å². The lowest BCUT2D eigenvalue weighted by Gasteiger charge is -2.39. The van der Waals surface area contributed by atoms with Crippen molar-refractivity contribution < 1.29 is 33.0 Å². The van der Waals surface area contributed by atoms with Crippen LogP contribution in [0.3, 0.4) is 0 Å². The standard InChI is InChI=1S/C39H38Cl2FN7O6/c1-54-31-18-29-26(36(44-20-43-29)45-28-9-8-27(40)34(41)35(28)42)17-32(31)55-23-5-2-21(3-6-23)19-47-12-14-48(15-13-47)22-4-7-24-25(16-22)39(53)49(38(24)52)30-10-11-33(50)46-37(30)51/h4,7-9,16-18,20-21,23,30H,2-3,5-6,10-15,19H2,1H3,(H,43,44,45)(H,46,50,51). The molecular formula is C39H38Cl2FN7O6. The molecule has 3 aromatic carbocycles. The zero-order valence-corrected chi connectivity index (χ0v) is 31.5. The van der Waals surface area contributed by atoms with Gasteiger partial charge in [0.2, 0.25) is 11.8 Å². The van der Waals surface area contributed by atoms with Gasteiger partial charge in [0.25, 0.3) is 11.8 Å². The number of nitrogens with one attached hydrogen (secondary N) is 2. The Morgan fingerprint density at radius 2 is 1.65 bits per heavy atom. The number of fused-ring (bicyclic) bond motifs is 2. The molecule has 4 heterocycles. The average Bonchev–Trinajstić information content (AvgIpc) is 3.44. The van der Waals surface area contributed by atoms with Crippen molar-refractivity contribution >= 4 is 74.9 Å². The molecule has 1 aliphatic carbocycles. The Balaban J connectivity index is 0.853. The molecule has 55 heavy (non-hydrogen) atoms. The van der Waals surface area contributed by atoms with Crippen LogP contribution in [0.25, 0.3) is 10.9 Å². The van der Waals surface area contributed by atoms with Gasteiger partial charge in [-0.05, 0) is 74.4 Å². The minimum absolute atomic E-state index is 0.00619. The first-order valence-electron chi connectivity index (χ1n) is 18.3. The number of nitrogens with zero attached hydrogens (tertiary/aromatic N) is 5. The molecule has 286 valence electrons. The fourth-order valence-corrected chi connectivity index (χ4v) is 8.30. The Labute approximate surface area is 326 Å². The molecule has 8 rings (SSSR count). The molecule has 16 heteroatoms. The molecule has 1 atom stereocenters. The van der Waals surface area contributed by atoms with Crippen LogP contribution in [0.4, 0.5) is 21.6 Å². The van der Waals surface area contributed by atoms with Crippen LogP contribution >= 0.6 is 23.2 Å². The number of halogens is 3. The van der Waals surface area contributed by atoms with Crippen LogP contribution in [-0.2, 0) is 9.59 Å². The van der Waals surface area contributed by atoms with Crippen molar-refractivity contribution in [3.63, 3.8) is 0 Å². The second-order valence-corrected chi connectivity index (χ2v) is 15.1. The summed E-state index contributed by atoms with van der Waals surface area (Å²) in [4.78, 5) is 64.9. The molecule has 3 aliphatic heterocycles. The van der Waals surface area contributed by atoms with E-state index in [1.165, 1.54) is 18.5 Å². The van der Waals surface area contributed by atoms with Gasteiger partial charge < -0.3 is 19.7 Å². The van der Waals surface area contributed by atoms with Crippen molar-refractivity contribution in [2.24, 2.45) is 5.92 Å². The molecule has 0 radical (unpaired) electrons. The van der Waals surface area contributed by atoms with E-state index in [4.69, 9.17) is 32.7 Å². The Hall–Kier alpha value is -5.05. The molecule has 2 saturated heterocycles. The minimum atomic E-state index is -0.985. The number of aromatic nitrogens is 2. The van der Waals surface area contributed by atoms with Crippen LogP contribution in [-0.4, -0.2) is 95.4 Å². The number of benzene rings is 3. The molecule has 0 bridgehead atoms. The number of piperazine rings is 1. The largest absolute Gasteiger partial charge is 0.493 e. The number of hydrogen-bond acceptors (Lipinski definition) is 11. The van der Waals surface area contributed by atoms with Crippen molar-refractivity contribution in [2.45, 2.75) is 50.7 Å². The van der Waals surface area contributed by atoms with Gasteiger partial charge in [-0.3, -0.25) is 34.3 Å². The number of carbonyl (C=O) groups is 4. The van der Waals surface area contributed by atoms with Crippen LogP contribution in [0.15, 0.2) is 48.8 Å². The number of methoxy groups -OCH3 is 1. The number of carbonyl (C=O) groups excluding carboxylic acids is 4. The van der Waals surface area contributed by atoms with Crippen molar-refractivity contribution in [1.29, 1.82) is 0 Å². The zero-order chi connectivity index (χ0) is 38.4. The second kappa shape index (κ2) is 15.2. The van der Waals surface area contributed by atoms with Gasteiger partial charge in [0.15, 0.2) is 17.3 Å². The number of hydrogen-bond donors (Lipinski definition) is 2. The summed E-state index contributed by atoms with van der Waals surface area (Å²) in [6.45, 7) is 4.26. The number of amides is 4. The third-order valence-corrected chi connectivity index (χ3v) is 11.8. The van der Waals surface area contributed by atoms with E-state index in [-0.39, 0.29) is 40.2 Å². The zero-order valence-electron chi connectivity index (χ0n) is 29.9. The Kier molecular flexibility index (Phi) is 10.2. The van der Waals surface area contributed by atoms with Gasteiger partial charge in [-0.1, -0.05) is 23.2 Å². The molecule has 4 aliphatic rings. The van der Waals surface area contributed by atoms with Gasteiger partial charge in [-0.25, -0.2) is 14.4 Å².